The van der Waals surface area contributed by atoms with Gasteiger partial charge in [0.15, 0.2) is 0 Å². The van der Waals surface area contributed by atoms with E-state index in [0.29, 0.717) is 5.92 Å². The summed E-state index contributed by atoms with van der Waals surface area (Å²) < 4.78 is 7.98. The van der Waals surface area contributed by atoms with Crippen LogP contribution in [0.3, 0.4) is 0 Å². The van der Waals surface area contributed by atoms with Gasteiger partial charge in [-0.25, -0.2) is 0 Å². The Morgan fingerprint density at radius 2 is 2.33 bits per heavy atom. The summed E-state index contributed by atoms with van der Waals surface area (Å²) in [5.74, 6) is 0.534. The highest BCUT2D eigenvalue weighted by molar-refractivity contribution is 7.09. The molecule has 1 N–H and O–H groups in total. The standard InChI is InChI=1S/C16H23N3OS/c1-11-15(12(2)19(3)18-11)16-13(6-7-20-16)9-17-10-14-5-4-8-21-14/h4-5,8,13,16-17H,6-7,9-10H2,1-3H3/t13-,16-/m0/s1. The first kappa shape index (κ1) is 14.8. The molecule has 1 fully saturated rings. The number of aryl methyl sites for hydroxylation is 2. The molecular formula is C16H23N3OS. The molecule has 0 spiro atoms. The molecule has 3 rings (SSSR count). The van der Waals surface area contributed by atoms with Crippen LogP contribution in [0.1, 0.15) is 34.4 Å². The number of aromatic nitrogens is 2. The van der Waals surface area contributed by atoms with Gasteiger partial charge in [0.2, 0.25) is 0 Å². The van der Waals surface area contributed by atoms with Crippen molar-refractivity contribution in [1.29, 1.82) is 0 Å². The Morgan fingerprint density at radius 3 is 3.00 bits per heavy atom. The van der Waals surface area contributed by atoms with Gasteiger partial charge in [-0.1, -0.05) is 6.07 Å². The molecule has 1 saturated heterocycles. The van der Waals surface area contributed by atoms with Gasteiger partial charge >= 0.3 is 0 Å². The number of rotatable bonds is 5. The first-order valence-electron chi connectivity index (χ1n) is 7.51. The van der Waals surface area contributed by atoms with Gasteiger partial charge in [-0.15, -0.1) is 11.3 Å². The summed E-state index contributed by atoms with van der Waals surface area (Å²) in [5, 5.41) is 10.2. The Morgan fingerprint density at radius 1 is 1.48 bits per heavy atom. The summed E-state index contributed by atoms with van der Waals surface area (Å²) in [6, 6.07) is 4.28. The molecule has 2 atom stereocenters. The molecule has 21 heavy (non-hydrogen) atoms. The molecule has 4 nitrogen and oxygen atoms in total. The monoisotopic (exact) mass is 305 g/mol. The number of ether oxygens (including phenoxy) is 1. The Labute approximate surface area is 130 Å². The maximum Gasteiger partial charge on any atom is 0.0901 e. The lowest BCUT2D eigenvalue weighted by Crippen LogP contribution is -2.24. The zero-order chi connectivity index (χ0) is 14.8. The van der Waals surface area contributed by atoms with E-state index in [1.165, 1.54) is 16.1 Å². The summed E-state index contributed by atoms with van der Waals surface area (Å²) in [6.45, 7) is 7.01. The zero-order valence-corrected chi connectivity index (χ0v) is 13.7. The van der Waals surface area contributed by atoms with Crippen LogP contribution in [0.2, 0.25) is 0 Å². The van der Waals surface area contributed by atoms with Crippen LogP contribution in [0.4, 0.5) is 0 Å². The largest absolute Gasteiger partial charge is 0.373 e. The third-order valence-electron chi connectivity index (χ3n) is 4.35. The average molecular weight is 305 g/mol. The molecule has 5 heteroatoms. The smallest absolute Gasteiger partial charge is 0.0901 e. The second-order valence-electron chi connectivity index (χ2n) is 5.76. The maximum atomic E-state index is 6.02. The van der Waals surface area contributed by atoms with Gasteiger partial charge in [-0.2, -0.15) is 5.10 Å². The van der Waals surface area contributed by atoms with Crippen molar-refractivity contribution in [3.63, 3.8) is 0 Å². The topological polar surface area (TPSA) is 39.1 Å². The van der Waals surface area contributed by atoms with Crippen molar-refractivity contribution >= 4 is 11.3 Å². The number of nitrogens with zero attached hydrogens (tertiary/aromatic N) is 2. The molecule has 0 aromatic carbocycles. The lowest BCUT2D eigenvalue weighted by atomic mass is 9.94. The van der Waals surface area contributed by atoms with E-state index >= 15 is 0 Å². The molecule has 1 aliphatic heterocycles. The van der Waals surface area contributed by atoms with Gasteiger partial charge in [-0.05, 0) is 31.7 Å². The summed E-state index contributed by atoms with van der Waals surface area (Å²) in [4.78, 5) is 1.39. The third-order valence-corrected chi connectivity index (χ3v) is 5.23. The highest BCUT2D eigenvalue weighted by Crippen LogP contribution is 2.37. The van der Waals surface area contributed by atoms with Crippen LogP contribution in [0.5, 0.6) is 0 Å². The van der Waals surface area contributed by atoms with Crippen molar-refractivity contribution in [3.05, 3.63) is 39.3 Å². The summed E-state index contributed by atoms with van der Waals surface area (Å²) in [7, 11) is 2.00. The first-order chi connectivity index (χ1) is 10.2. The second-order valence-corrected chi connectivity index (χ2v) is 6.79. The van der Waals surface area contributed by atoms with E-state index < -0.39 is 0 Å². The fourth-order valence-electron chi connectivity index (χ4n) is 3.16. The first-order valence-corrected chi connectivity index (χ1v) is 8.39. The minimum Gasteiger partial charge on any atom is -0.373 e. The zero-order valence-electron chi connectivity index (χ0n) is 12.9. The van der Waals surface area contributed by atoms with Gasteiger partial charge in [0.05, 0.1) is 11.8 Å². The van der Waals surface area contributed by atoms with E-state index in [-0.39, 0.29) is 6.10 Å². The van der Waals surface area contributed by atoms with Crippen molar-refractivity contribution in [3.8, 4) is 0 Å². The number of hydrogen-bond acceptors (Lipinski definition) is 4. The molecule has 0 unspecified atom stereocenters. The molecule has 0 aliphatic carbocycles. The Kier molecular flexibility index (Phi) is 4.42. The predicted octanol–water partition coefficient (Wildman–Crippen LogP) is 2.97. The van der Waals surface area contributed by atoms with Crippen molar-refractivity contribution in [2.24, 2.45) is 13.0 Å². The summed E-state index contributed by atoms with van der Waals surface area (Å²) >= 11 is 1.80. The molecule has 3 heterocycles. The van der Waals surface area contributed by atoms with E-state index in [2.05, 4.69) is 41.8 Å². The van der Waals surface area contributed by atoms with Crippen molar-refractivity contribution < 1.29 is 4.74 Å². The van der Waals surface area contributed by atoms with Crippen LogP contribution in [-0.4, -0.2) is 22.9 Å². The molecule has 0 radical (unpaired) electrons. The lowest BCUT2D eigenvalue weighted by Gasteiger charge is -2.19. The van der Waals surface area contributed by atoms with E-state index in [4.69, 9.17) is 4.74 Å². The molecule has 0 bridgehead atoms. The molecule has 114 valence electrons. The van der Waals surface area contributed by atoms with E-state index in [0.717, 1.165) is 31.8 Å². The maximum absolute atomic E-state index is 6.02. The molecule has 2 aromatic rings. The predicted molar refractivity (Wildman–Crippen MR) is 85.5 cm³/mol. The molecule has 1 aliphatic rings. The number of hydrogen-bond donors (Lipinski definition) is 1. The number of thiophene rings is 1. The van der Waals surface area contributed by atoms with E-state index in [1.807, 2.05) is 11.7 Å². The molecule has 2 aromatic heterocycles. The SMILES string of the molecule is Cc1nn(C)c(C)c1[C@H]1OCC[C@H]1CNCc1cccs1. The van der Waals surface area contributed by atoms with Crippen LogP contribution in [-0.2, 0) is 18.3 Å². The lowest BCUT2D eigenvalue weighted by molar-refractivity contribution is 0.0894. The van der Waals surface area contributed by atoms with Crippen LogP contribution >= 0.6 is 11.3 Å². The quantitative estimate of drug-likeness (QED) is 0.923. The molecular weight excluding hydrogens is 282 g/mol. The van der Waals surface area contributed by atoms with E-state index in [9.17, 15) is 0 Å². The highest BCUT2D eigenvalue weighted by Gasteiger charge is 2.33. The normalized spacial score (nSPS) is 22.0. The van der Waals surface area contributed by atoms with Crippen LogP contribution in [0.25, 0.3) is 0 Å². The number of nitrogens with one attached hydrogen (secondary N) is 1. The van der Waals surface area contributed by atoms with Gasteiger partial charge in [0.1, 0.15) is 0 Å². The minimum absolute atomic E-state index is 0.189. The molecule has 0 amide bonds. The second kappa shape index (κ2) is 6.30. The van der Waals surface area contributed by atoms with E-state index in [1.54, 1.807) is 11.3 Å². The Hall–Kier alpha value is -1.17. The van der Waals surface area contributed by atoms with Crippen molar-refractivity contribution in [2.75, 3.05) is 13.2 Å². The van der Waals surface area contributed by atoms with Crippen molar-refractivity contribution in [2.45, 2.75) is 32.9 Å². The van der Waals surface area contributed by atoms with Gasteiger partial charge in [0.25, 0.3) is 0 Å². The fraction of sp³-hybridized carbons (Fsp3) is 0.562. The average Bonchev–Trinajstić information content (AvgIpc) is 3.15. The van der Waals surface area contributed by atoms with Gasteiger partial charge in [0, 0.05) is 48.8 Å². The van der Waals surface area contributed by atoms with Crippen LogP contribution in [0.15, 0.2) is 17.5 Å². The highest BCUT2D eigenvalue weighted by atomic mass is 32.1. The van der Waals surface area contributed by atoms with Gasteiger partial charge < -0.3 is 10.1 Å². The third kappa shape index (κ3) is 3.05. The van der Waals surface area contributed by atoms with Crippen LogP contribution in [0, 0.1) is 19.8 Å². The van der Waals surface area contributed by atoms with Crippen LogP contribution < -0.4 is 5.32 Å². The summed E-state index contributed by atoms with van der Waals surface area (Å²) in [5.41, 5.74) is 3.62. The fourth-order valence-corrected chi connectivity index (χ4v) is 3.83. The minimum atomic E-state index is 0.189. The van der Waals surface area contributed by atoms with Crippen molar-refractivity contribution in [1.82, 2.24) is 15.1 Å². The Bertz CT molecular complexity index is 591. The molecule has 0 saturated carbocycles. The van der Waals surface area contributed by atoms with Gasteiger partial charge in [-0.3, -0.25) is 4.68 Å². The Balaban J connectivity index is 1.65. The summed E-state index contributed by atoms with van der Waals surface area (Å²) in [6.07, 6.45) is 1.31.